The third-order valence-corrected chi connectivity index (χ3v) is 3.33. The van der Waals surface area contributed by atoms with Gasteiger partial charge in [0, 0.05) is 0 Å². The molecule has 0 saturated carbocycles. The van der Waals surface area contributed by atoms with Gasteiger partial charge in [-0.15, -0.1) is 0 Å². The Kier molecular flexibility index (Phi) is 3.39. The highest BCUT2D eigenvalue weighted by molar-refractivity contribution is 6.06. The number of pyridine rings is 1. The van der Waals surface area contributed by atoms with Crippen molar-refractivity contribution in [3.05, 3.63) is 23.9 Å². The van der Waals surface area contributed by atoms with Gasteiger partial charge in [-0.1, -0.05) is 13.0 Å². The van der Waals surface area contributed by atoms with E-state index >= 15 is 0 Å². The van der Waals surface area contributed by atoms with Crippen LogP contribution in [0.2, 0.25) is 0 Å². The number of hydrogen-bond donors (Lipinski definition) is 3. The molecular formula is C12H17N5O2. The second-order valence-electron chi connectivity index (χ2n) is 4.67. The number of anilines is 1. The summed E-state index contributed by atoms with van der Waals surface area (Å²) >= 11 is 0. The molecule has 0 spiro atoms. The van der Waals surface area contributed by atoms with Crippen LogP contribution in [0.5, 0.6) is 0 Å². The first kappa shape index (κ1) is 13.3. The van der Waals surface area contributed by atoms with Gasteiger partial charge in [0.2, 0.25) is 0 Å². The molecule has 0 aromatic carbocycles. The fraction of sp³-hybridized carbons (Fsp3) is 0.417. The first-order chi connectivity index (χ1) is 9.00. The van der Waals surface area contributed by atoms with Crippen LogP contribution in [-0.2, 0) is 11.3 Å². The number of hydrogen-bond acceptors (Lipinski definition) is 5. The summed E-state index contributed by atoms with van der Waals surface area (Å²) in [7, 11) is 0. The number of imide groups is 1. The smallest absolute Gasteiger partial charge is 0.323 e. The maximum atomic E-state index is 12.2. The lowest BCUT2D eigenvalue weighted by atomic mass is 9.99. The lowest BCUT2D eigenvalue weighted by molar-refractivity contribution is -0.131. The molecule has 0 aliphatic carbocycles. The van der Waals surface area contributed by atoms with Gasteiger partial charge >= 0.3 is 6.03 Å². The highest BCUT2D eigenvalue weighted by Crippen LogP contribution is 2.22. The summed E-state index contributed by atoms with van der Waals surface area (Å²) in [5.74, 6) is 5.53. The number of nitrogens with one attached hydrogen (secondary N) is 2. The van der Waals surface area contributed by atoms with E-state index in [1.807, 2.05) is 6.92 Å². The molecule has 1 aromatic heterocycles. The molecule has 1 fully saturated rings. The molecule has 102 valence electrons. The number of urea groups is 1. The molecule has 1 atom stereocenters. The molecule has 1 aliphatic rings. The maximum absolute atomic E-state index is 12.2. The number of aromatic nitrogens is 1. The summed E-state index contributed by atoms with van der Waals surface area (Å²) in [6, 6.07) is 4.81. The monoisotopic (exact) mass is 263 g/mol. The number of carbonyl (C=O) groups is 2. The zero-order valence-corrected chi connectivity index (χ0v) is 10.9. The summed E-state index contributed by atoms with van der Waals surface area (Å²) in [6.45, 7) is 3.72. The fourth-order valence-corrected chi connectivity index (χ4v) is 1.94. The first-order valence-electron chi connectivity index (χ1n) is 6.07. The number of nitrogen functional groups attached to an aromatic ring is 1. The van der Waals surface area contributed by atoms with Crippen molar-refractivity contribution < 1.29 is 9.59 Å². The Hall–Kier alpha value is -2.15. The van der Waals surface area contributed by atoms with E-state index < -0.39 is 5.54 Å². The molecule has 19 heavy (non-hydrogen) atoms. The summed E-state index contributed by atoms with van der Waals surface area (Å²) in [4.78, 5) is 29.4. The highest BCUT2D eigenvalue weighted by atomic mass is 16.2. The van der Waals surface area contributed by atoms with Crippen molar-refractivity contribution >= 4 is 17.8 Å². The molecule has 3 amide bonds. The van der Waals surface area contributed by atoms with Gasteiger partial charge < -0.3 is 10.7 Å². The molecule has 7 heteroatoms. The molecule has 1 saturated heterocycles. The van der Waals surface area contributed by atoms with Gasteiger partial charge in [-0.3, -0.25) is 9.69 Å². The molecule has 7 nitrogen and oxygen atoms in total. The Morgan fingerprint density at radius 3 is 2.79 bits per heavy atom. The molecule has 2 rings (SSSR count). The summed E-state index contributed by atoms with van der Waals surface area (Å²) in [5.41, 5.74) is 2.20. The standard InChI is InChI=1S/C12H17N5O2/c1-3-12(2)10(18)17(11(19)15-12)7-8-5-4-6-9(14-8)16-13/h4-6H,3,7,13H2,1-2H3,(H,14,16)(H,15,19). The van der Waals surface area contributed by atoms with Crippen LogP contribution in [0.4, 0.5) is 10.6 Å². The Labute approximate surface area is 111 Å². The van der Waals surface area contributed by atoms with Crippen LogP contribution in [-0.4, -0.2) is 27.4 Å². The van der Waals surface area contributed by atoms with E-state index in [9.17, 15) is 9.59 Å². The number of nitrogens with zero attached hydrogens (tertiary/aromatic N) is 2. The summed E-state index contributed by atoms with van der Waals surface area (Å²) in [5, 5.41) is 2.70. The topological polar surface area (TPSA) is 100 Å². The van der Waals surface area contributed by atoms with Gasteiger partial charge in [-0.25, -0.2) is 15.6 Å². The van der Waals surface area contributed by atoms with Crippen LogP contribution in [0.1, 0.15) is 26.0 Å². The second-order valence-corrected chi connectivity index (χ2v) is 4.67. The summed E-state index contributed by atoms with van der Waals surface area (Å²) in [6.07, 6.45) is 0.548. The predicted molar refractivity (Wildman–Crippen MR) is 69.8 cm³/mol. The van der Waals surface area contributed by atoms with Crippen LogP contribution in [0.15, 0.2) is 18.2 Å². The number of carbonyl (C=O) groups excluding carboxylic acids is 2. The van der Waals surface area contributed by atoms with Gasteiger partial charge in [-0.05, 0) is 25.5 Å². The lowest BCUT2D eigenvalue weighted by Crippen LogP contribution is -2.43. The average Bonchev–Trinajstić information content (AvgIpc) is 2.63. The van der Waals surface area contributed by atoms with E-state index in [4.69, 9.17) is 5.84 Å². The fourth-order valence-electron chi connectivity index (χ4n) is 1.94. The van der Waals surface area contributed by atoms with Crippen molar-refractivity contribution in [2.45, 2.75) is 32.4 Å². The Bertz CT molecular complexity index is 519. The molecule has 1 aromatic rings. The number of hydrazine groups is 1. The van der Waals surface area contributed by atoms with Crippen molar-refractivity contribution in [3.8, 4) is 0 Å². The summed E-state index contributed by atoms with van der Waals surface area (Å²) < 4.78 is 0. The van der Waals surface area contributed by atoms with Crippen molar-refractivity contribution in [2.75, 3.05) is 5.43 Å². The molecule has 2 heterocycles. The van der Waals surface area contributed by atoms with Gasteiger partial charge in [0.05, 0.1) is 12.2 Å². The van der Waals surface area contributed by atoms with E-state index in [1.54, 1.807) is 25.1 Å². The van der Waals surface area contributed by atoms with Crippen molar-refractivity contribution in [1.82, 2.24) is 15.2 Å². The van der Waals surface area contributed by atoms with Gasteiger partial charge in [0.1, 0.15) is 11.4 Å². The number of amides is 3. The van der Waals surface area contributed by atoms with Crippen LogP contribution in [0.3, 0.4) is 0 Å². The van der Waals surface area contributed by atoms with E-state index in [2.05, 4.69) is 15.7 Å². The number of nitrogens with two attached hydrogens (primary N) is 1. The van der Waals surface area contributed by atoms with Crippen molar-refractivity contribution in [1.29, 1.82) is 0 Å². The van der Waals surface area contributed by atoms with Crippen LogP contribution < -0.4 is 16.6 Å². The van der Waals surface area contributed by atoms with E-state index in [-0.39, 0.29) is 18.5 Å². The van der Waals surface area contributed by atoms with Crippen LogP contribution >= 0.6 is 0 Å². The molecule has 1 aliphatic heterocycles. The van der Waals surface area contributed by atoms with Gasteiger partial charge in [0.15, 0.2) is 0 Å². The number of rotatable bonds is 4. The second kappa shape index (κ2) is 4.85. The minimum atomic E-state index is -0.819. The first-order valence-corrected chi connectivity index (χ1v) is 6.07. The highest BCUT2D eigenvalue weighted by Gasteiger charge is 2.46. The van der Waals surface area contributed by atoms with Crippen molar-refractivity contribution in [3.63, 3.8) is 0 Å². The molecule has 0 bridgehead atoms. The van der Waals surface area contributed by atoms with Crippen LogP contribution in [0, 0.1) is 0 Å². The molecule has 4 N–H and O–H groups in total. The lowest BCUT2D eigenvalue weighted by Gasteiger charge is -2.19. The van der Waals surface area contributed by atoms with Crippen molar-refractivity contribution in [2.24, 2.45) is 5.84 Å². The zero-order valence-electron chi connectivity index (χ0n) is 10.9. The minimum absolute atomic E-state index is 0.135. The van der Waals surface area contributed by atoms with E-state index in [0.717, 1.165) is 0 Å². The zero-order chi connectivity index (χ0) is 14.0. The normalized spacial score (nSPS) is 22.6. The molecular weight excluding hydrogens is 246 g/mol. The minimum Gasteiger partial charge on any atom is -0.323 e. The Morgan fingerprint density at radius 1 is 1.47 bits per heavy atom. The maximum Gasteiger partial charge on any atom is 0.325 e. The third kappa shape index (κ3) is 2.37. The van der Waals surface area contributed by atoms with Gasteiger partial charge in [0.25, 0.3) is 5.91 Å². The molecule has 0 radical (unpaired) electrons. The molecule has 1 unspecified atom stereocenters. The van der Waals surface area contributed by atoms with Crippen LogP contribution in [0.25, 0.3) is 0 Å². The SMILES string of the molecule is CCC1(C)NC(=O)N(Cc2cccc(NN)n2)C1=O. The largest absolute Gasteiger partial charge is 0.325 e. The third-order valence-electron chi connectivity index (χ3n) is 3.33. The van der Waals surface area contributed by atoms with E-state index in [1.165, 1.54) is 4.90 Å². The Balaban J connectivity index is 2.19. The average molecular weight is 263 g/mol. The predicted octanol–water partition coefficient (Wildman–Crippen LogP) is 0.588. The van der Waals surface area contributed by atoms with E-state index in [0.29, 0.717) is 17.9 Å². The van der Waals surface area contributed by atoms with Gasteiger partial charge in [-0.2, -0.15) is 0 Å². The Morgan fingerprint density at radius 2 is 2.21 bits per heavy atom. The quantitative estimate of drug-likeness (QED) is 0.419.